The van der Waals surface area contributed by atoms with Gasteiger partial charge in [-0.15, -0.1) is 0 Å². The zero-order valence-electron chi connectivity index (χ0n) is 10.2. The van der Waals surface area contributed by atoms with Gasteiger partial charge in [0, 0.05) is 18.1 Å². The molecule has 2 saturated heterocycles. The quantitative estimate of drug-likeness (QED) is 0.727. The van der Waals surface area contributed by atoms with E-state index in [4.69, 9.17) is 5.11 Å². The van der Waals surface area contributed by atoms with E-state index in [-0.39, 0.29) is 30.1 Å². The van der Waals surface area contributed by atoms with Gasteiger partial charge in [-0.2, -0.15) is 0 Å². The van der Waals surface area contributed by atoms with Gasteiger partial charge in [-0.3, -0.25) is 4.79 Å². The van der Waals surface area contributed by atoms with Crippen molar-refractivity contribution in [2.24, 2.45) is 5.92 Å². The van der Waals surface area contributed by atoms with Crippen LogP contribution in [-0.2, 0) is 4.79 Å². The molecule has 0 aromatic rings. The van der Waals surface area contributed by atoms with E-state index in [0.29, 0.717) is 6.42 Å². The molecule has 0 radical (unpaired) electrons. The molecule has 2 bridgehead atoms. The van der Waals surface area contributed by atoms with Crippen molar-refractivity contribution in [3.8, 4) is 0 Å². The van der Waals surface area contributed by atoms with Gasteiger partial charge in [0.25, 0.3) is 0 Å². The summed E-state index contributed by atoms with van der Waals surface area (Å²) in [6.07, 6.45) is 8.32. The smallest absolute Gasteiger partial charge is 0.318 e. The van der Waals surface area contributed by atoms with Crippen LogP contribution in [0, 0.1) is 5.92 Å². The highest BCUT2D eigenvalue weighted by Gasteiger charge is 2.51. The summed E-state index contributed by atoms with van der Waals surface area (Å²) in [4.78, 5) is 25.1. The molecule has 18 heavy (non-hydrogen) atoms. The number of carboxylic acid groups (broad SMARTS) is 1. The maximum absolute atomic E-state index is 12.2. The summed E-state index contributed by atoms with van der Waals surface area (Å²) in [7, 11) is 0. The van der Waals surface area contributed by atoms with Crippen molar-refractivity contribution in [3.63, 3.8) is 0 Å². The average Bonchev–Trinajstić information content (AvgIpc) is 3.02. The van der Waals surface area contributed by atoms with Crippen LogP contribution in [0.4, 0.5) is 4.79 Å². The number of rotatable bonds is 2. The van der Waals surface area contributed by atoms with Gasteiger partial charge in [-0.05, 0) is 32.1 Å². The zero-order chi connectivity index (χ0) is 12.7. The van der Waals surface area contributed by atoms with Crippen LogP contribution in [0.5, 0.6) is 0 Å². The number of hydrogen-bond donors (Lipinski definition) is 2. The molecule has 2 heterocycles. The van der Waals surface area contributed by atoms with Crippen LogP contribution in [0.1, 0.15) is 32.1 Å². The molecular weight excluding hydrogens is 232 g/mol. The highest BCUT2D eigenvalue weighted by Crippen LogP contribution is 2.41. The van der Waals surface area contributed by atoms with Crippen LogP contribution < -0.4 is 5.32 Å². The van der Waals surface area contributed by atoms with Gasteiger partial charge in [0.05, 0.1) is 5.92 Å². The van der Waals surface area contributed by atoms with E-state index < -0.39 is 5.97 Å². The van der Waals surface area contributed by atoms with E-state index >= 15 is 0 Å². The minimum absolute atomic E-state index is 0.0695. The standard InChI is InChI=1S/C13H18N2O3/c16-12(17)10-7-9-5-6-11(10)15(9)13(18)14-8-3-1-2-4-8/h1-2,8-11H,3-7H2,(H,14,18)(H,16,17). The van der Waals surface area contributed by atoms with Gasteiger partial charge in [-0.1, -0.05) is 12.2 Å². The minimum Gasteiger partial charge on any atom is -0.481 e. The maximum atomic E-state index is 12.2. The first-order valence-corrected chi connectivity index (χ1v) is 6.63. The summed E-state index contributed by atoms with van der Waals surface area (Å²) in [5.74, 6) is -1.13. The number of carbonyl (C=O) groups is 2. The van der Waals surface area contributed by atoms with Crippen LogP contribution in [0.2, 0.25) is 0 Å². The van der Waals surface area contributed by atoms with Crippen molar-refractivity contribution < 1.29 is 14.7 Å². The molecular formula is C13H18N2O3. The van der Waals surface area contributed by atoms with Crippen molar-refractivity contribution in [2.45, 2.75) is 50.2 Å². The van der Waals surface area contributed by atoms with Gasteiger partial charge >= 0.3 is 12.0 Å². The third-order valence-corrected chi connectivity index (χ3v) is 4.42. The van der Waals surface area contributed by atoms with Crippen molar-refractivity contribution in [1.82, 2.24) is 10.2 Å². The number of amides is 2. The molecule has 5 heteroatoms. The Balaban J connectivity index is 1.65. The van der Waals surface area contributed by atoms with E-state index in [1.54, 1.807) is 4.90 Å². The lowest BCUT2D eigenvalue weighted by Crippen LogP contribution is -2.47. The fraction of sp³-hybridized carbons (Fsp3) is 0.692. The number of hydrogen-bond acceptors (Lipinski definition) is 2. The number of carbonyl (C=O) groups excluding carboxylic acids is 1. The molecule has 3 unspecified atom stereocenters. The molecule has 5 nitrogen and oxygen atoms in total. The van der Waals surface area contributed by atoms with Gasteiger partial charge in [0.2, 0.25) is 0 Å². The lowest BCUT2D eigenvalue weighted by atomic mass is 9.89. The normalized spacial score (nSPS) is 34.2. The van der Waals surface area contributed by atoms with Gasteiger partial charge in [0.1, 0.15) is 0 Å². The van der Waals surface area contributed by atoms with Gasteiger partial charge < -0.3 is 15.3 Å². The first-order chi connectivity index (χ1) is 8.66. The number of urea groups is 1. The third kappa shape index (κ3) is 1.78. The van der Waals surface area contributed by atoms with E-state index in [1.165, 1.54) is 0 Å². The number of nitrogens with one attached hydrogen (secondary N) is 1. The lowest BCUT2D eigenvalue weighted by Gasteiger charge is -2.25. The van der Waals surface area contributed by atoms with E-state index in [0.717, 1.165) is 25.7 Å². The molecule has 2 amide bonds. The highest BCUT2D eigenvalue weighted by atomic mass is 16.4. The Morgan fingerprint density at radius 1 is 1.22 bits per heavy atom. The summed E-state index contributed by atoms with van der Waals surface area (Å²) < 4.78 is 0. The Bertz CT molecular complexity index is 399. The summed E-state index contributed by atoms with van der Waals surface area (Å²) >= 11 is 0. The summed E-state index contributed by atoms with van der Waals surface area (Å²) in [5, 5.41) is 12.2. The number of carboxylic acids is 1. The van der Waals surface area contributed by atoms with Crippen LogP contribution >= 0.6 is 0 Å². The van der Waals surface area contributed by atoms with Crippen LogP contribution in [0.25, 0.3) is 0 Å². The topological polar surface area (TPSA) is 69.6 Å². The molecule has 0 saturated carbocycles. The monoisotopic (exact) mass is 250 g/mol. The fourth-order valence-corrected chi connectivity index (χ4v) is 3.55. The van der Waals surface area contributed by atoms with Crippen LogP contribution in [0.3, 0.4) is 0 Å². The maximum Gasteiger partial charge on any atom is 0.318 e. The first-order valence-electron chi connectivity index (χ1n) is 6.63. The molecule has 2 aliphatic heterocycles. The second kappa shape index (κ2) is 4.30. The van der Waals surface area contributed by atoms with Crippen LogP contribution in [-0.4, -0.2) is 40.1 Å². The summed E-state index contributed by atoms with van der Waals surface area (Å²) in [6.45, 7) is 0. The lowest BCUT2D eigenvalue weighted by molar-refractivity contribution is -0.142. The predicted octanol–water partition coefficient (Wildman–Crippen LogP) is 1.35. The summed E-state index contributed by atoms with van der Waals surface area (Å²) in [5.41, 5.74) is 0. The molecule has 98 valence electrons. The molecule has 2 fully saturated rings. The molecule has 0 aromatic heterocycles. The molecule has 3 aliphatic rings. The Morgan fingerprint density at radius 2 is 1.94 bits per heavy atom. The average molecular weight is 250 g/mol. The van der Waals surface area contributed by atoms with E-state index in [9.17, 15) is 9.59 Å². The molecule has 0 aromatic carbocycles. The Kier molecular flexibility index (Phi) is 2.76. The Hall–Kier alpha value is -1.52. The fourth-order valence-electron chi connectivity index (χ4n) is 3.55. The van der Waals surface area contributed by atoms with Crippen molar-refractivity contribution in [2.75, 3.05) is 0 Å². The third-order valence-electron chi connectivity index (χ3n) is 4.42. The van der Waals surface area contributed by atoms with E-state index in [1.807, 2.05) is 0 Å². The summed E-state index contributed by atoms with van der Waals surface area (Å²) in [6, 6.07) is 0.160. The number of fused-ring (bicyclic) bond motifs is 2. The minimum atomic E-state index is -0.762. The van der Waals surface area contributed by atoms with Gasteiger partial charge in [0.15, 0.2) is 0 Å². The molecule has 1 aliphatic carbocycles. The molecule has 3 rings (SSSR count). The Labute approximate surface area is 106 Å². The first kappa shape index (κ1) is 11.6. The predicted molar refractivity (Wildman–Crippen MR) is 65.1 cm³/mol. The highest BCUT2D eigenvalue weighted by molar-refractivity contribution is 5.79. The number of aliphatic carboxylic acids is 1. The molecule has 0 spiro atoms. The Morgan fingerprint density at radius 3 is 2.56 bits per heavy atom. The van der Waals surface area contributed by atoms with Crippen molar-refractivity contribution >= 4 is 12.0 Å². The second-order valence-electron chi connectivity index (χ2n) is 5.48. The van der Waals surface area contributed by atoms with Crippen molar-refractivity contribution in [3.05, 3.63) is 12.2 Å². The van der Waals surface area contributed by atoms with Crippen LogP contribution in [0.15, 0.2) is 12.2 Å². The zero-order valence-corrected chi connectivity index (χ0v) is 10.2. The van der Waals surface area contributed by atoms with E-state index in [2.05, 4.69) is 17.5 Å². The SMILES string of the molecule is O=C(O)C1CC2CCC1N2C(=O)NC1CC=CC1. The van der Waals surface area contributed by atoms with Crippen molar-refractivity contribution in [1.29, 1.82) is 0 Å². The van der Waals surface area contributed by atoms with Gasteiger partial charge in [-0.25, -0.2) is 4.79 Å². The largest absolute Gasteiger partial charge is 0.481 e. The number of nitrogens with zero attached hydrogens (tertiary/aromatic N) is 1. The molecule has 2 N–H and O–H groups in total. The molecule has 3 atom stereocenters. The second-order valence-corrected chi connectivity index (χ2v) is 5.48.